The Morgan fingerprint density at radius 1 is 1.14 bits per heavy atom. The van der Waals surface area contributed by atoms with E-state index in [9.17, 15) is 4.79 Å². The smallest absolute Gasteiger partial charge is 0.277 e. The number of para-hydroxylation sites is 1. The van der Waals surface area contributed by atoms with Gasteiger partial charge in [0.1, 0.15) is 17.3 Å². The molecule has 0 aliphatic carbocycles. The molecule has 0 saturated heterocycles. The number of nitrogens with zero attached hydrogens (tertiary/aromatic N) is 5. The Bertz CT molecular complexity index is 989. The van der Waals surface area contributed by atoms with Gasteiger partial charge in [0.2, 0.25) is 0 Å². The molecule has 1 aliphatic heterocycles. The minimum absolute atomic E-state index is 0.0702. The van der Waals surface area contributed by atoms with E-state index >= 15 is 0 Å². The van der Waals surface area contributed by atoms with Crippen LogP contribution in [0.2, 0.25) is 0 Å². The van der Waals surface area contributed by atoms with Crippen LogP contribution in [0.15, 0.2) is 54.9 Å². The molecule has 0 radical (unpaired) electrons. The van der Waals surface area contributed by atoms with Crippen LogP contribution in [0.3, 0.4) is 0 Å². The van der Waals surface area contributed by atoms with Crippen LogP contribution < -0.4 is 9.80 Å². The number of pyridine rings is 1. The second-order valence-corrected chi connectivity index (χ2v) is 7.02. The van der Waals surface area contributed by atoms with E-state index in [2.05, 4.69) is 25.9 Å². The van der Waals surface area contributed by atoms with Crippen molar-refractivity contribution in [3.8, 4) is 0 Å². The number of hydrogen-bond donors (Lipinski definition) is 0. The quantitative estimate of drug-likeness (QED) is 0.688. The first-order chi connectivity index (χ1) is 13.6. The van der Waals surface area contributed by atoms with Crippen molar-refractivity contribution in [2.24, 2.45) is 0 Å². The molecule has 4 rings (SSSR count). The Kier molecular flexibility index (Phi) is 5.02. The number of anilines is 2. The molecule has 142 valence electrons. The molecule has 0 spiro atoms. The van der Waals surface area contributed by atoms with Gasteiger partial charge < -0.3 is 9.80 Å². The standard InChI is InChI=1S/C22H23N5O/c1-16-24-19(22(28)27-14-10-18-5-3-4-6-20(18)27)15-21(25-16)26(2)13-9-17-7-11-23-12-8-17/h3-8,11-12,15H,9-10,13-14H2,1-2H3. The van der Waals surface area contributed by atoms with Crippen LogP contribution in [0.5, 0.6) is 0 Å². The lowest BCUT2D eigenvalue weighted by molar-refractivity contribution is 0.0984. The van der Waals surface area contributed by atoms with Crippen LogP contribution >= 0.6 is 0 Å². The number of hydrogen-bond acceptors (Lipinski definition) is 5. The zero-order valence-electron chi connectivity index (χ0n) is 16.2. The van der Waals surface area contributed by atoms with Crippen molar-refractivity contribution >= 4 is 17.4 Å². The van der Waals surface area contributed by atoms with Crippen molar-refractivity contribution < 1.29 is 4.79 Å². The van der Waals surface area contributed by atoms with E-state index in [-0.39, 0.29) is 5.91 Å². The van der Waals surface area contributed by atoms with Crippen LogP contribution in [0.4, 0.5) is 11.5 Å². The van der Waals surface area contributed by atoms with Gasteiger partial charge in [-0.15, -0.1) is 0 Å². The van der Waals surface area contributed by atoms with Crippen LogP contribution in [0.1, 0.15) is 27.4 Å². The van der Waals surface area contributed by atoms with Gasteiger partial charge in [-0.1, -0.05) is 18.2 Å². The van der Waals surface area contributed by atoms with Crippen molar-refractivity contribution in [2.45, 2.75) is 19.8 Å². The SMILES string of the molecule is Cc1nc(C(=O)N2CCc3ccccc32)cc(N(C)CCc2ccncc2)n1. The molecule has 0 atom stereocenters. The minimum Gasteiger partial charge on any atom is -0.359 e. The molecule has 0 fully saturated rings. The van der Waals surface area contributed by atoms with E-state index in [1.54, 1.807) is 18.5 Å². The average molecular weight is 373 g/mol. The molecule has 6 heteroatoms. The molecule has 1 aliphatic rings. The number of carbonyl (C=O) groups is 1. The summed E-state index contributed by atoms with van der Waals surface area (Å²) >= 11 is 0. The summed E-state index contributed by atoms with van der Waals surface area (Å²) in [5.74, 6) is 1.29. The van der Waals surface area contributed by atoms with Crippen LogP contribution in [0, 0.1) is 6.92 Å². The number of aromatic nitrogens is 3. The molecule has 28 heavy (non-hydrogen) atoms. The summed E-state index contributed by atoms with van der Waals surface area (Å²) in [6, 6.07) is 13.9. The summed E-state index contributed by atoms with van der Waals surface area (Å²) in [5.41, 5.74) is 3.85. The highest BCUT2D eigenvalue weighted by Gasteiger charge is 2.26. The Morgan fingerprint density at radius 3 is 2.75 bits per heavy atom. The predicted octanol–water partition coefficient (Wildman–Crippen LogP) is 3.06. The third-order valence-electron chi connectivity index (χ3n) is 5.05. The van der Waals surface area contributed by atoms with Crippen molar-refractivity contribution in [3.05, 3.63) is 77.5 Å². The Balaban J connectivity index is 1.53. The van der Waals surface area contributed by atoms with E-state index in [1.807, 2.05) is 49.2 Å². The zero-order chi connectivity index (χ0) is 19.5. The molecule has 2 aromatic heterocycles. The van der Waals surface area contributed by atoms with E-state index in [0.29, 0.717) is 18.1 Å². The van der Waals surface area contributed by atoms with E-state index in [4.69, 9.17) is 0 Å². The molecule has 6 nitrogen and oxygen atoms in total. The van der Waals surface area contributed by atoms with Crippen molar-refractivity contribution in [2.75, 3.05) is 29.9 Å². The van der Waals surface area contributed by atoms with Gasteiger partial charge in [0.25, 0.3) is 5.91 Å². The van der Waals surface area contributed by atoms with Crippen molar-refractivity contribution in [1.82, 2.24) is 15.0 Å². The zero-order valence-corrected chi connectivity index (χ0v) is 16.2. The maximum absolute atomic E-state index is 13.1. The lowest BCUT2D eigenvalue weighted by atomic mass is 10.2. The predicted molar refractivity (Wildman–Crippen MR) is 110 cm³/mol. The van der Waals surface area contributed by atoms with Crippen molar-refractivity contribution in [3.63, 3.8) is 0 Å². The Hall–Kier alpha value is -3.28. The molecule has 0 N–H and O–H groups in total. The molecular formula is C22H23N5O. The number of fused-ring (bicyclic) bond motifs is 1. The van der Waals surface area contributed by atoms with E-state index < -0.39 is 0 Å². The highest BCUT2D eigenvalue weighted by atomic mass is 16.2. The molecule has 3 aromatic rings. The number of likely N-dealkylation sites (N-methyl/N-ethyl adjacent to an activating group) is 1. The summed E-state index contributed by atoms with van der Waals surface area (Å²) in [7, 11) is 1.99. The maximum Gasteiger partial charge on any atom is 0.277 e. The molecular weight excluding hydrogens is 350 g/mol. The monoisotopic (exact) mass is 373 g/mol. The Morgan fingerprint density at radius 2 is 1.93 bits per heavy atom. The number of rotatable bonds is 5. The van der Waals surface area contributed by atoms with Gasteiger partial charge >= 0.3 is 0 Å². The summed E-state index contributed by atoms with van der Waals surface area (Å²) in [6.45, 7) is 3.31. The summed E-state index contributed by atoms with van der Waals surface area (Å²) < 4.78 is 0. The third-order valence-corrected chi connectivity index (χ3v) is 5.05. The minimum atomic E-state index is -0.0702. The summed E-state index contributed by atoms with van der Waals surface area (Å²) in [4.78, 5) is 30.0. The summed E-state index contributed by atoms with van der Waals surface area (Å²) in [6.07, 6.45) is 5.36. The highest BCUT2D eigenvalue weighted by Crippen LogP contribution is 2.29. The lowest BCUT2D eigenvalue weighted by Gasteiger charge is -2.21. The topological polar surface area (TPSA) is 62.2 Å². The molecule has 1 aromatic carbocycles. The molecule has 3 heterocycles. The lowest BCUT2D eigenvalue weighted by Crippen LogP contribution is -2.30. The number of amides is 1. The fourth-order valence-electron chi connectivity index (χ4n) is 3.51. The van der Waals surface area contributed by atoms with E-state index in [1.165, 1.54) is 11.1 Å². The van der Waals surface area contributed by atoms with Gasteiger partial charge in [0.15, 0.2) is 0 Å². The molecule has 0 saturated carbocycles. The fourth-order valence-corrected chi connectivity index (χ4v) is 3.51. The van der Waals surface area contributed by atoms with Gasteiger partial charge in [-0.05, 0) is 49.1 Å². The fraction of sp³-hybridized carbons (Fsp3) is 0.273. The van der Waals surface area contributed by atoms with E-state index in [0.717, 1.165) is 30.9 Å². The average Bonchev–Trinajstić information content (AvgIpc) is 3.16. The van der Waals surface area contributed by atoms with Crippen LogP contribution in [-0.2, 0) is 12.8 Å². The van der Waals surface area contributed by atoms with Gasteiger partial charge in [-0.25, -0.2) is 9.97 Å². The number of benzene rings is 1. The number of aryl methyl sites for hydroxylation is 1. The van der Waals surface area contributed by atoms with Crippen molar-refractivity contribution in [1.29, 1.82) is 0 Å². The Labute approximate surface area is 164 Å². The first-order valence-electron chi connectivity index (χ1n) is 9.47. The summed E-state index contributed by atoms with van der Waals surface area (Å²) in [5, 5.41) is 0. The number of carbonyl (C=O) groups excluding carboxylic acids is 1. The van der Waals surface area contributed by atoms with Gasteiger partial charge in [-0.2, -0.15) is 0 Å². The molecule has 1 amide bonds. The van der Waals surface area contributed by atoms with Gasteiger partial charge in [0, 0.05) is 44.3 Å². The van der Waals surface area contributed by atoms with Gasteiger partial charge in [0.05, 0.1) is 0 Å². The second-order valence-electron chi connectivity index (χ2n) is 7.02. The second kappa shape index (κ2) is 7.76. The normalized spacial score (nSPS) is 12.7. The maximum atomic E-state index is 13.1. The molecule has 0 unspecified atom stereocenters. The third kappa shape index (κ3) is 3.71. The molecule has 0 bridgehead atoms. The van der Waals surface area contributed by atoms with Gasteiger partial charge in [-0.3, -0.25) is 9.78 Å². The van der Waals surface area contributed by atoms with Crippen LogP contribution in [0.25, 0.3) is 0 Å². The van der Waals surface area contributed by atoms with Crippen LogP contribution in [-0.4, -0.2) is 41.0 Å². The largest absolute Gasteiger partial charge is 0.359 e. The first kappa shape index (κ1) is 18.1. The highest BCUT2D eigenvalue weighted by molar-refractivity contribution is 6.06. The first-order valence-corrected chi connectivity index (χ1v) is 9.47.